The van der Waals surface area contributed by atoms with Gasteiger partial charge in [-0.25, -0.2) is 0 Å². The molecule has 1 saturated heterocycles. The molecule has 3 rings (SSSR count). The number of hydrogen-bond donors (Lipinski definition) is 0. The van der Waals surface area contributed by atoms with Crippen molar-refractivity contribution < 1.29 is 0 Å². The smallest absolute Gasteiger partial charge is 0.137 e. The van der Waals surface area contributed by atoms with E-state index in [9.17, 15) is 0 Å². The minimum atomic E-state index is 0.418. The lowest BCUT2D eigenvalue weighted by atomic mass is 9.96. The Labute approximate surface area is 132 Å². The van der Waals surface area contributed by atoms with Crippen LogP contribution in [0.15, 0.2) is 12.5 Å². The summed E-state index contributed by atoms with van der Waals surface area (Å²) < 4.78 is 4.12. The summed E-state index contributed by atoms with van der Waals surface area (Å²) in [6.45, 7) is 9.65. The standard InChI is InChI=1S/C16H26N6/c1-12(2)22-11-17-18-16(22)14-6-5-7-21(9-14)10-15-8-20(4)19-13(15)3/h8,11-12,14H,5-7,9-10H2,1-4H3. The van der Waals surface area contributed by atoms with Crippen LogP contribution in [0.2, 0.25) is 0 Å². The summed E-state index contributed by atoms with van der Waals surface area (Å²) in [6.07, 6.45) is 6.42. The fourth-order valence-corrected chi connectivity index (χ4v) is 3.40. The van der Waals surface area contributed by atoms with Gasteiger partial charge in [-0.2, -0.15) is 5.10 Å². The summed E-state index contributed by atoms with van der Waals surface area (Å²) in [5, 5.41) is 13.0. The zero-order valence-corrected chi connectivity index (χ0v) is 14.0. The first kappa shape index (κ1) is 15.2. The van der Waals surface area contributed by atoms with Crippen molar-refractivity contribution in [1.82, 2.24) is 29.4 Å². The number of likely N-dealkylation sites (tertiary alicyclic amines) is 1. The van der Waals surface area contributed by atoms with Crippen molar-refractivity contribution in [1.29, 1.82) is 0 Å². The second-order valence-electron chi connectivity index (χ2n) is 6.68. The Morgan fingerprint density at radius 3 is 2.86 bits per heavy atom. The molecule has 22 heavy (non-hydrogen) atoms. The average Bonchev–Trinajstić information content (AvgIpc) is 3.06. The van der Waals surface area contributed by atoms with E-state index in [4.69, 9.17) is 0 Å². The Morgan fingerprint density at radius 2 is 2.18 bits per heavy atom. The van der Waals surface area contributed by atoms with Gasteiger partial charge in [0.2, 0.25) is 0 Å². The highest BCUT2D eigenvalue weighted by atomic mass is 15.3. The van der Waals surface area contributed by atoms with Crippen LogP contribution in [0.1, 0.15) is 55.7 Å². The molecule has 0 spiro atoms. The summed E-state index contributed by atoms with van der Waals surface area (Å²) in [6, 6.07) is 0.418. The van der Waals surface area contributed by atoms with Gasteiger partial charge in [0.25, 0.3) is 0 Å². The van der Waals surface area contributed by atoms with Crippen LogP contribution >= 0.6 is 0 Å². The average molecular weight is 302 g/mol. The minimum Gasteiger partial charge on any atom is -0.315 e. The summed E-state index contributed by atoms with van der Waals surface area (Å²) >= 11 is 0. The van der Waals surface area contributed by atoms with Crippen molar-refractivity contribution in [3.63, 3.8) is 0 Å². The molecule has 6 nitrogen and oxygen atoms in total. The molecule has 2 aromatic heterocycles. The van der Waals surface area contributed by atoms with Gasteiger partial charge in [-0.05, 0) is 40.2 Å². The Hall–Kier alpha value is -1.69. The number of aryl methyl sites for hydroxylation is 2. The topological polar surface area (TPSA) is 51.8 Å². The highest BCUT2D eigenvalue weighted by molar-refractivity contribution is 5.15. The Balaban J connectivity index is 1.71. The summed E-state index contributed by atoms with van der Waals surface area (Å²) in [4.78, 5) is 2.53. The molecule has 1 unspecified atom stereocenters. The normalized spacial score (nSPS) is 20.0. The molecule has 1 atom stereocenters. The second-order valence-corrected chi connectivity index (χ2v) is 6.68. The van der Waals surface area contributed by atoms with E-state index in [-0.39, 0.29) is 0 Å². The zero-order valence-electron chi connectivity index (χ0n) is 14.0. The molecule has 0 radical (unpaired) electrons. The molecule has 1 aliphatic heterocycles. The van der Waals surface area contributed by atoms with Crippen LogP contribution in [0.5, 0.6) is 0 Å². The quantitative estimate of drug-likeness (QED) is 0.869. The first-order valence-electron chi connectivity index (χ1n) is 8.15. The third kappa shape index (κ3) is 3.06. The van der Waals surface area contributed by atoms with Gasteiger partial charge in [0, 0.05) is 43.9 Å². The van der Waals surface area contributed by atoms with Gasteiger partial charge in [-0.15, -0.1) is 10.2 Å². The van der Waals surface area contributed by atoms with E-state index in [1.807, 2.05) is 18.1 Å². The predicted molar refractivity (Wildman–Crippen MR) is 85.6 cm³/mol. The van der Waals surface area contributed by atoms with Crippen LogP contribution in [0.25, 0.3) is 0 Å². The van der Waals surface area contributed by atoms with E-state index < -0.39 is 0 Å². The van der Waals surface area contributed by atoms with Gasteiger partial charge in [-0.3, -0.25) is 9.58 Å². The molecule has 0 N–H and O–H groups in total. The summed E-state index contributed by atoms with van der Waals surface area (Å²) in [5.41, 5.74) is 2.46. The van der Waals surface area contributed by atoms with Gasteiger partial charge in [0.15, 0.2) is 0 Å². The first-order chi connectivity index (χ1) is 10.5. The lowest BCUT2D eigenvalue weighted by Crippen LogP contribution is -2.35. The first-order valence-corrected chi connectivity index (χ1v) is 8.15. The lowest BCUT2D eigenvalue weighted by Gasteiger charge is -2.32. The molecule has 0 saturated carbocycles. The number of aromatic nitrogens is 5. The molecular formula is C16H26N6. The van der Waals surface area contributed by atoms with Crippen molar-refractivity contribution >= 4 is 0 Å². The third-order valence-electron chi connectivity index (χ3n) is 4.54. The van der Waals surface area contributed by atoms with Crippen molar-refractivity contribution in [2.24, 2.45) is 7.05 Å². The molecule has 2 aromatic rings. The number of piperidine rings is 1. The van der Waals surface area contributed by atoms with Crippen molar-refractivity contribution in [2.75, 3.05) is 13.1 Å². The Morgan fingerprint density at radius 1 is 1.36 bits per heavy atom. The van der Waals surface area contributed by atoms with E-state index >= 15 is 0 Å². The van der Waals surface area contributed by atoms with E-state index in [0.29, 0.717) is 12.0 Å². The Bertz CT molecular complexity index is 626. The zero-order chi connectivity index (χ0) is 15.7. The van der Waals surface area contributed by atoms with Gasteiger partial charge in [-0.1, -0.05) is 0 Å². The predicted octanol–water partition coefficient (Wildman–Crippen LogP) is 2.28. The maximum absolute atomic E-state index is 4.45. The fourth-order valence-electron chi connectivity index (χ4n) is 3.40. The maximum atomic E-state index is 4.45. The molecule has 0 aliphatic carbocycles. The molecule has 0 bridgehead atoms. The van der Waals surface area contributed by atoms with Crippen LogP contribution in [-0.2, 0) is 13.6 Å². The van der Waals surface area contributed by atoms with E-state index in [2.05, 4.69) is 51.7 Å². The molecule has 1 aliphatic rings. The molecule has 1 fully saturated rings. The maximum Gasteiger partial charge on any atom is 0.137 e. The molecule has 6 heteroatoms. The molecule has 120 valence electrons. The van der Waals surface area contributed by atoms with E-state index in [0.717, 1.165) is 31.2 Å². The lowest BCUT2D eigenvalue weighted by molar-refractivity contribution is 0.193. The molecule has 0 aromatic carbocycles. The number of hydrogen-bond acceptors (Lipinski definition) is 4. The van der Waals surface area contributed by atoms with Crippen LogP contribution in [0, 0.1) is 6.92 Å². The monoisotopic (exact) mass is 302 g/mol. The van der Waals surface area contributed by atoms with Crippen molar-refractivity contribution in [3.05, 3.63) is 29.6 Å². The van der Waals surface area contributed by atoms with Gasteiger partial charge in [0.1, 0.15) is 12.2 Å². The minimum absolute atomic E-state index is 0.418. The van der Waals surface area contributed by atoms with E-state index in [1.165, 1.54) is 18.4 Å². The van der Waals surface area contributed by atoms with Crippen LogP contribution in [0.3, 0.4) is 0 Å². The molecular weight excluding hydrogens is 276 g/mol. The van der Waals surface area contributed by atoms with Crippen LogP contribution in [-0.4, -0.2) is 42.5 Å². The van der Waals surface area contributed by atoms with E-state index in [1.54, 1.807) is 0 Å². The molecule has 3 heterocycles. The molecule has 0 amide bonds. The van der Waals surface area contributed by atoms with Gasteiger partial charge in [0.05, 0.1) is 5.69 Å². The number of nitrogens with zero attached hydrogens (tertiary/aromatic N) is 6. The van der Waals surface area contributed by atoms with Crippen molar-refractivity contribution in [3.8, 4) is 0 Å². The van der Waals surface area contributed by atoms with Gasteiger partial charge < -0.3 is 4.57 Å². The highest BCUT2D eigenvalue weighted by Crippen LogP contribution is 2.28. The summed E-state index contributed by atoms with van der Waals surface area (Å²) in [5.74, 6) is 1.62. The van der Waals surface area contributed by atoms with Crippen LogP contribution in [0.4, 0.5) is 0 Å². The van der Waals surface area contributed by atoms with Crippen LogP contribution < -0.4 is 0 Å². The summed E-state index contributed by atoms with van der Waals surface area (Å²) in [7, 11) is 1.99. The Kier molecular flexibility index (Phi) is 4.29. The highest BCUT2D eigenvalue weighted by Gasteiger charge is 2.26. The fraction of sp³-hybridized carbons (Fsp3) is 0.688. The number of rotatable bonds is 4. The second kappa shape index (κ2) is 6.20. The third-order valence-corrected chi connectivity index (χ3v) is 4.54. The van der Waals surface area contributed by atoms with Crippen molar-refractivity contribution in [2.45, 2.75) is 52.1 Å². The largest absolute Gasteiger partial charge is 0.315 e. The van der Waals surface area contributed by atoms with Gasteiger partial charge >= 0.3 is 0 Å². The SMILES string of the molecule is Cc1nn(C)cc1CN1CCCC(c2nncn2C(C)C)C1.